The Bertz CT molecular complexity index is 130. The molecule has 0 aliphatic carbocycles. The lowest BCUT2D eigenvalue weighted by atomic mass is 10.1. The maximum atomic E-state index is 5.31. The van der Waals surface area contributed by atoms with Crippen LogP contribution >= 0.6 is 0 Å². The lowest BCUT2D eigenvalue weighted by molar-refractivity contribution is 0.142. The second-order valence-electron chi connectivity index (χ2n) is 2.49. The van der Waals surface area contributed by atoms with E-state index >= 15 is 0 Å². The molecule has 12 heavy (non-hydrogen) atoms. The van der Waals surface area contributed by atoms with Gasteiger partial charge in [-0.1, -0.05) is 20.8 Å². The second kappa shape index (κ2) is 7.17. The van der Waals surface area contributed by atoms with Gasteiger partial charge in [-0.15, -0.1) is 0 Å². The van der Waals surface area contributed by atoms with Crippen molar-refractivity contribution in [3.63, 3.8) is 0 Å². The van der Waals surface area contributed by atoms with Gasteiger partial charge in [0.25, 0.3) is 0 Å². The van der Waals surface area contributed by atoms with Crippen LogP contribution in [0.1, 0.15) is 35.0 Å². The first-order chi connectivity index (χ1) is 5.88. The molecule has 0 aromatic heterocycles. The van der Waals surface area contributed by atoms with Gasteiger partial charge in [0.15, 0.2) is 0 Å². The number of hydrogen-bond donors (Lipinski definition) is 1. The highest BCUT2D eigenvalue weighted by Gasteiger charge is 2.08. The Morgan fingerprint density at radius 2 is 2.17 bits per heavy atom. The third-order valence-electron chi connectivity index (χ3n) is 1.93. The van der Waals surface area contributed by atoms with E-state index in [1.807, 2.05) is 20.9 Å². The van der Waals surface area contributed by atoms with Crippen LogP contribution in [0.25, 0.3) is 0 Å². The van der Waals surface area contributed by atoms with E-state index in [9.17, 15) is 0 Å². The molecule has 1 rings (SSSR count). The van der Waals surface area contributed by atoms with Gasteiger partial charge in [-0.25, -0.2) is 0 Å². The van der Waals surface area contributed by atoms with Crippen LogP contribution in [0.5, 0.6) is 0 Å². The normalized spacial score (nSPS) is 16.7. The molecule has 0 saturated heterocycles. The monoisotopic (exact) mass is 173 g/mol. The second-order valence-corrected chi connectivity index (χ2v) is 2.49. The van der Waals surface area contributed by atoms with Gasteiger partial charge in [0.05, 0.1) is 13.2 Å². The van der Waals surface area contributed by atoms with Crippen LogP contribution in [-0.4, -0.2) is 20.3 Å². The predicted molar refractivity (Wildman–Crippen MR) is 55.3 cm³/mol. The Kier molecular flexibility index (Phi) is 6.87. The van der Waals surface area contributed by atoms with Crippen LogP contribution in [0.4, 0.5) is 0 Å². The van der Waals surface area contributed by atoms with Crippen molar-refractivity contribution in [2.24, 2.45) is 0 Å². The number of rotatable bonds is 2. The highest BCUT2D eigenvalue weighted by molar-refractivity contribution is 5.14. The first kappa shape index (κ1) is 11.5. The molecular formula is C10H23NO. The lowest BCUT2D eigenvalue weighted by Crippen LogP contribution is -2.19. The van der Waals surface area contributed by atoms with Gasteiger partial charge >= 0.3 is 0 Å². The van der Waals surface area contributed by atoms with E-state index in [1.165, 1.54) is 11.3 Å². The quantitative estimate of drug-likeness (QED) is 0.693. The zero-order valence-corrected chi connectivity index (χ0v) is 8.74. The molecule has 0 atom stereocenters. The summed E-state index contributed by atoms with van der Waals surface area (Å²) in [6.07, 6.45) is 2.16. The van der Waals surface area contributed by atoms with E-state index in [0.29, 0.717) is 0 Å². The van der Waals surface area contributed by atoms with Gasteiger partial charge in [-0.3, -0.25) is 0 Å². The Hall–Kier alpha value is -0.500. The molecule has 1 N–H and O–H groups in total. The van der Waals surface area contributed by atoms with Crippen LogP contribution in [-0.2, 0) is 4.74 Å². The summed E-state index contributed by atoms with van der Waals surface area (Å²) in [6.45, 7) is 7.87. The summed E-state index contributed by atoms with van der Waals surface area (Å²) in [5.74, 6) is 0. The van der Waals surface area contributed by atoms with Crippen LogP contribution < -0.4 is 5.32 Å². The van der Waals surface area contributed by atoms with E-state index in [0.717, 1.165) is 26.1 Å². The fourth-order valence-electron chi connectivity index (χ4n) is 1.25. The highest BCUT2D eigenvalue weighted by atomic mass is 16.5. The maximum absolute atomic E-state index is 5.31. The first-order valence-electron chi connectivity index (χ1n) is 4.85. The SMILES string of the molecule is CC.CCC1=C(NC)CCOC1.[HH]. The zero-order valence-electron chi connectivity index (χ0n) is 8.74. The summed E-state index contributed by atoms with van der Waals surface area (Å²) in [4.78, 5) is 0. The molecule has 0 amide bonds. The third kappa shape index (κ3) is 3.26. The van der Waals surface area contributed by atoms with Crippen molar-refractivity contribution in [2.45, 2.75) is 33.6 Å². The summed E-state index contributed by atoms with van der Waals surface area (Å²) >= 11 is 0. The van der Waals surface area contributed by atoms with Gasteiger partial charge in [0.2, 0.25) is 0 Å². The molecule has 0 unspecified atom stereocenters. The molecule has 0 radical (unpaired) electrons. The van der Waals surface area contributed by atoms with Crippen LogP contribution in [0.2, 0.25) is 0 Å². The predicted octanol–water partition coefficient (Wildman–Crippen LogP) is 2.56. The van der Waals surface area contributed by atoms with E-state index in [1.54, 1.807) is 0 Å². The summed E-state index contributed by atoms with van der Waals surface area (Å²) < 4.78 is 5.31. The minimum atomic E-state index is 0. The Labute approximate surface area is 77.5 Å². The molecule has 1 heterocycles. The fraction of sp³-hybridized carbons (Fsp3) is 0.800. The van der Waals surface area contributed by atoms with Crippen LogP contribution in [0.15, 0.2) is 11.3 Å². The molecule has 0 spiro atoms. The topological polar surface area (TPSA) is 21.3 Å². The van der Waals surface area contributed by atoms with Gasteiger partial charge in [0, 0.05) is 20.6 Å². The maximum Gasteiger partial charge on any atom is 0.0696 e. The van der Waals surface area contributed by atoms with Crippen molar-refractivity contribution in [3.8, 4) is 0 Å². The summed E-state index contributed by atoms with van der Waals surface area (Å²) in [7, 11) is 1.98. The van der Waals surface area contributed by atoms with Crippen molar-refractivity contribution in [1.82, 2.24) is 5.32 Å². The standard InChI is InChI=1S/C8H15NO.C2H6.H2/c1-3-7-6-10-5-4-8(7)9-2;1-2;/h9H,3-6H2,1-2H3;1-2H3;1H. The Morgan fingerprint density at radius 3 is 2.58 bits per heavy atom. The number of hydrogen-bond acceptors (Lipinski definition) is 2. The van der Waals surface area contributed by atoms with Crippen molar-refractivity contribution in [3.05, 3.63) is 11.3 Å². The van der Waals surface area contributed by atoms with Gasteiger partial charge in [-0.2, -0.15) is 0 Å². The summed E-state index contributed by atoms with van der Waals surface area (Å²) in [6, 6.07) is 0. The molecule has 1 aliphatic heterocycles. The number of nitrogens with one attached hydrogen (secondary N) is 1. The van der Waals surface area contributed by atoms with E-state index in [-0.39, 0.29) is 1.43 Å². The molecule has 0 fully saturated rings. The Morgan fingerprint density at radius 1 is 1.50 bits per heavy atom. The number of ether oxygens (including phenoxy) is 1. The van der Waals surface area contributed by atoms with E-state index in [4.69, 9.17) is 4.74 Å². The molecule has 0 aromatic carbocycles. The van der Waals surface area contributed by atoms with Gasteiger partial charge < -0.3 is 10.1 Å². The van der Waals surface area contributed by atoms with Crippen molar-refractivity contribution >= 4 is 0 Å². The van der Waals surface area contributed by atoms with E-state index in [2.05, 4.69) is 12.2 Å². The molecule has 0 bridgehead atoms. The highest BCUT2D eigenvalue weighted by Crippen LogP contribution is 2.14. The van der Waals surface area contributed by atoms with Crippen LogP contribution in [0.3, 0.4) is 0 Å². The smallest absolute Gasteiger partial charge is 0.0696 e. The molecule has 2 heteroatoms. The molecular weight excluding hydrogens is 150 g/mol. The minimum Gasteiger partial charge on any atom is -0.391 e. The average molecular weight is 173 g/mol. The molecule has 74 valence electrons. The van der Waals surface area contributed by atoms with Gasteiger partial charge in [-0.05, 0) is 12.0 Å². The average Bonchev–Trinajstić information content (AvgIpc) is 2.20. The minimum absolute atomic E-state index is 0. The first-order valence-corrected chi connectivity index (χ1v) is 4.85. The zero-order chi connectivity index (χ0) is 9.40. The lowest BCUT2D eigenvalue weighted by Gasteiger charge is -2.19. The van der Waals surface area contributed by atoms with Crippen molar-refractivity contribution < 1.29 is 6.16 Å². The summed E-state index contributed by atoms with van der Waals surface area (Å²) in [5, 5.41) is 3.20. The molecule has 0 aromatic rings. The molecule has 0 saturated carbocycles. The van der Waals surface area contributed by atoms with Gasteiger partial charge in [0.1, 0.15) is 0 Å². The van der Waals surface area contributed by atoms with Crippen molar-refractivity contribution in [1.29, 1.82) is 0 Å². The van der Waals surface area contributed by atoms with E-state index < -0.39 is 0 Å². The fourth-order valence-corrected chi connectivity index (χ4v) is 1.25. The van der Waals surface area contributed by atoms with Crippen molar-refractivity contribution in [2.75, 3.05) is 20.3 Å². The largest absolute Gasteiger partial charge is 0.391 e. The van der Waals surface area contributed by atoms with Crippen LogP contribution in [0, 0.1) is 0 Å². The summed E-state index contributed by atoms with van der Waals surface area (Å²) in [5.41, 5.74) is 2.81. The third-order valence-corrected chi connectivity index (χ3v) is 1.93. The molecule has 2 nitrogen and oxygen atoms in total. The Balaban J connectivity index is 0. The molecule has 1 aliphatic rings.